The number of anilines is 1. The fraction of sp³-hybridized carbons (Fsp3) is 0.222. The van der Waals surface area contributed by atoms with E-state index in [0.29, 0.717) is 31.7 Å². The average molecular weight is 368 g/mol. The van der Waals surface area contributed by atoms with Gasteiger partial charge in [-0.1, -0.05) is 0 Å². The Hall–Kier alpha value is -3.00. The monoisotopic (exact) mass is 368 g/mol. The van der Waals surface area contributed by atoms with Crippen molar-refractivity contribution in [2.45, 2.75) is 0 Å². The van der Waals surface area contributed by atoms with Gasteiger partial charge in [-0.3, -0.25) is 14.9 Å². The first-order chi connectivity index (χ1) is 12.6. The zero-order valence-electron chi connectivity index (χ0n) is 13.9. The molecule has 132 valence electrons. The number of nitrogens with zero attached hydrogens (tertiary/aromatic N) is 4. The summed E-state index contributed by atoms with van der Waals surface area (Å²) in [5.41, 5.74) is 4.40. The number of nitro benzene ring substituents is 1. The molecule has 8 heteroatoms. The van der Waals surface area contributed by atoms with Crippen LogP contribution in [0.4, 0.5) is 11.4 Å². The predicted octanol–water partition coefficient (Wildman–Crippen LogP) is 3.17. The molecular weight excluding hydrogens is 352 g/mol. The fourth-order valence-corrected chi connectivity index (χ4v) is 3.84. The van der Waals surface area contributed by atoms with Gasteiger partial charge in [0.05, 0.1) is 20.7 Å². The Labute approximate surface area is 153 Å². The number of hydrogen-bond acceptors (Lipinski definition) is 6. The second-order valence-corrected chi connectivity index (χ2v) is 6.97. The summed E-state index contributed by atoms with van der Waals surface area (Å²) in [5, 5.41) is 10.8. The van der Waals surface area contributed by atoms with Gasteiger partial charge in [0, 0.05) is 49.6 Å². The maximum Gasteiger partial charge on any atom is 0.269 e. The largest absolute Gasteiger partial charge is 0.368 e. The van der Waals surface area contributed by atoms with E-state index < -0.39 is 4.92 Å². The number of fused-ring (bicyclic) bond motifs is 1. The summed E-state index contributed by atoms with van der Waals surface area (Å²) in [7, 11) is 0. The number of carbonyl (C=O) groups is 1. The lowest BCUT2D eigenvalue weighted by Crippen LogP contribution is -2.48. The van der Waals surface area contributed by atoms with Crippen LogP contribution in [0.15, 0.2) is 48.0 Å². The molecule has 0 atom stereocenters. The third kappa shape index (κ3) is 3.11. The summed E-state index contributed by atoms with van der Waals surface area (Å²) in [6.45, 7) is 2.64. The van der Waals surface area contributed by atoms with Gasteiger partial charge in [0.25, 0.3) is 11.6 Å². The van der Waals surface area contributed by atoms with Crippen LogP contribution in [0.2, 0.25) is 0 Å². The van der Waals surface area contributed by atoms with Crippen molar-refractivity contribution in [3.8, 4) is 0 Å². The van der Waals surface area contributed by atoms with Crippen LogP contribution < -0.4 is 4.90 Å². The normalized spacial score (nSPS) is 14.6. The van der Waals surface area contributed by atoms with Crippen molar-refractivity contribution in [1.82, 2.24) is 9.88 Å². The van der Waals surface area contributed by atoms with E-state index in [1.807, 2.05) is 23.1 Å². The summed E-state index contributed by atoms with van der Waals surface area (Å²) in [6.07, 6.45) is 0. The zero-order chi connectivity index (χ0) is 18.1. The van der Waals surface area contributed by atoms with Crippen LogP contribution in [0.3, 0.4) is 0 Å². The highest BCUT2D eigenvalue weighted by molar-refractivity contribution is 7.16. The zero-order valence-corrected chi connectivity index (χ0v) is 14.7. The molecule has 0 saturated carbocycles. The smallest absolute Gasteiger partial charge is 0.269 e. The van der Waals surface area contributed by atoms with E-state index in [1.165, 1.54) is 23.5 Å². The number of nitro groups is 1. The Morgan fingerprint density at radius 1 is 1.08 bits per heavy atom. The lowest BCUT2D eigenvalue weighted by molar-refractivity contribution is -0.384. The topological polar surface area (TPSA) is 79.6 Å². The molecule has 4 rings (SSSR count). The van der Waals surface area contributed by atoms with Crippen LogP contribution in [-0.2, 0) is 0 Å². The van der Waals surface area contributed by atoms with E-state index in [9.17, 15) is 14.9 Å². The van der Waals surface area contributed by atoms with Crippen molar-refractivity contribution in [2.24, 2.45) is 0 Å². The summed E-state index contributed by atoms with van der Waals surface area (Å²) < 4.78 is 1.01. The third-order valence-electron chi connectivity index (χ3n) is 4.57. The number of rotatable bonds is 3. The van der Waals surface area contributed by atoms with E-state index in [4.69, 9.17) is 0 Å². The molecule has 1 amide bonds. The first-order valence-electron chi connectivity index (χ1n) is 8.24. The minimum Gasteiger partial charge on any atom is -0.368 e. The molecule has 0 radical (unpaired) electrons. The van der Waals surface area contributed by atoms with E-state index in [-0.39, 0.29) is 11.6 Å². The van der Waals surface area contributed by atoms with Gasteiger partial charge < -0.3 is 9.80 Å². The molecule has 1 aromatic heterocycles. The number of piperazine rings is 1. The lowest BCUT2D eigenvalue weighted by Gasteiger charge is -2.36. The molecule has 1 aliphatic rings. The van der Waals surface area contributed by atoms with Gasteiger partial charge in [0.15, 0.2) is 0 Å². The quantitative estimate of drug-likeness (QED) is 0.524. The molecule has 0 bridgehead atoms. The van der Waals surface area contributed by atoms with Crippen LogP contribution in [0.25, 0.3) is 10.2 Å². The number of non-ortho nitro benzene ring substituents is 1. The maximum atomic E-state index is 12.7. The van der Waals surface area contributed by atoms with Gasteiger partial charge in [0.2, 0.25) is 0 Å². The van der Waals surface area contributed by atoms with Gasteiger partial charge in [-0.2, -0.15) is 0 Å². The van der Waals surface area contributed by atoms with Crippen molar-refractivity contribution in [3.05, 3.63) is 63.7 Å². The molecule has 2 heterocycles. The highest BCUT2D eigenvalue weighted by atomic mass is 32.1. The highest BCUT2D eigenvalue weighted by Gasteiger charge is 2.23. The van der Waals surface area contributed by atoms with Gasteiger partial charge >= 0.3 is 0 Å². The molecule has 2 aromatic carbocycles. The van der Waals surface area contributed by atoms with Crippen LogP contribution >= 0.6 is 11.3 Å². The molecule has 26 heavy (non-hydrogen) atoms. The van der Waals surface area contributed by atoms with Crippen molar-refractivity contribution in [2.75, 3.05) is 31.1 Å². The molecule has 1 saturated heterocycles. The van der Waals surface area contributed by atoms with E-state index in [1.54, 1.807) is 17.6 Å². The summed E-state index contributed by atoms with van der Waals surface area (Å²) in [4.78, 5) is 31.3. The number of benzene rings is 2. The standard InChI is InChI=1S/C18H16N4O3S/c23-18(13-1-6-16-17(11-13)26-12-19-16)21-9-7-20(8-10-21)14-2-4-15(5-3-14)22(24)25/h1-6,11-12H,7-10H2. The molecule has 1 aliphatic heterocycles. The second-order valence-electron chi connectivity index (χ2n) is 6.09. The van der Waals surface area contributed by atoms with E-state index in [0.717, 1.165) is 15.9 Å². The summed E-state index contributed by atoms with van der Waals surface area (Å²) in [5.74, 6) is 0.0312. The number of thiazole rings is 1. The Morgan fingerprint density at radius 3 is 2.50 bits per heavy atom. The minimum absolute atomic E-state index is 0.0312. The van der Waals surface area contributed by atoms with Crippen LogP contribution in [0.5, 0.6) is 0 Å². The Balaban J connectivity index is 1.42. The number of amides is 1. The molecule has 0 N–H and O–H groups in total. The van der Waals surface area contributed by atoms with Crippen LogP contribution in [0.1, 0.15) is 10.4 Å². The Kier molecular flexibility index (Phi) is 4.26. The van der Waals surface area contributed by atoms with Gasteiger partial charge in [0.1, 0.15) is 0 Å². The Morgan fingerprint density at radius 2 is 1.81 bits per heavy atom. The van der Waals surface area contributed by atoms with Crippen LogP contribution in [-0.4, -0.2) is 46.9 Å². The molecule has 0 unspecified atom stereocenters. The van der Waals surface area contributed by atoms with Gasteiger partial charge in [-0.15, -0.1) is 11.3 Å². The molecule has 0 aliphatic carbocycles. The van der Waals surface area contributed by atoms with Crippen molar-refractivity contribution in [3.63, 3.8) is 0 Å². The minimum atomic E-state index is -0.402. The SMILES string of the molecule is O=C(c1ccc2ncsc2c1)N1CCN(c2ccc([N+](=O)[O-])cc2)CC1. The average Bonchev–Trinajstić information content (AvgIpc) is 3.15. The van der Waals surface area contributed by atoms with Crippen molar-refractivity contribution in [1.29, 1.82) is 0 Å². The number of aromatic nitrogens is 1. The summed E-state index contributed by atoms with van der Waals surface area (Å²) in [6, 6.07) is 12.1. The lowest BCUT2D eigenvalue weighted by atomic mass is 10.1. The van der Waals surface area contributed by atoms with Crippen molar-refractivity contribution < 1.29 is 9.72 Å². The maximum absolute atomic E-state index is 12.7. The first-order valence-corrected chi connectivity index (χ1v) is 9.12. The summed E-state index contributed by atoms with van der Waals surface area (Å²) >= 11 is 1.53. The van der Waals surface area contributed by atoms with Gasteiger partial charge in [-0.25, -0.2) is 4.98 Å². The van der Waals surface area contributed by atoms with Gasteiger partial charge in [-0.05, 0) is 30.3 Å². The molecule has 1 fully saturated rings. The first kappa shape index (κ1) is 16.5. The van der Waals surface area contributed by atoms with E-state index >= 15 is 0 Å². The molecule has 7 nitrogen and oxygen atoms in total. The number of carbonyl (C=O) groups excluding carboxylic acids is 1. The second kappa shape index (κ2) is 6.72. The van der Waals surface area contributed by atoms with Crippen LogP contribution in [0, 0.1) is 10.1 Å². The predicted molar refractivity (Wildman–Crippen MR) is 101 cm³/mol. The molecule has 0 spiro atoms. The van der Waals surface area contributed by atoms with E-state index in [2.05, 4.69) is 9.88 Å². The highest BCUT2D eigenvalue weighted by Crippen LogP contribution is 2.23. The van der Waals surface area contributed by atoms with Crippen molar-refractivity contribution >= 4 is 38.8 Å². The fourth-order valence-electron chi connectivity index (χ4n) is 3.12. The number of hydrogen-bond donors (Lipinski definition) is 0. The molecular formula is C18H16N4O3S. The molecule has 3 aromatic rings. The Bertz CT molecular complexity index is 962. The third-order valence-corrected chi connectivity index (χ3v) is 5.36.